The van der Waals surface area contributed by atoms with Gasteiger partial charge in [0.1, 0.15) is 5.69 Å². The van der Waals surface area contributed by atoms with Crippen molar-refractivity contribution in [2.45, 2.75) is 44.7 Å². The van der Waals surface area contributed by atoms with Crippen molar-refractivity contribution in [1.29, 1.82) is 0 Å². The van der Waals surface area contributed by atoms with Crippen LogP contribution < -0.4 is 5.32 Å². The number of aliphatic imine (C=N–C) groups is 1. The number of thiazole rings is 1. The number of H-pyrrole nitrogens is 1. The van der Waals surface area contributed by atoms with E-state index in [0.29, 0.717) is 22.1 Å². The quantitative estimate of drug-likeness (QED) is 0.600. The summed E-state index contributed by atoms with van der Waals surface area (Å²) < 4.78 is 0. The third kappa shape index (κ3) is 4.35. The van der Waals surface area contributed by atoms with Gasteiger partial charge in [-0.05, 0) is 50.6 Å². The maximum Gasteiger partial charge on any atom is 0.305 e. The largest absolute Gasteiger partial charge is 0.351 e. The fourth-order valence-corrected chi connectivity index (χ4v) is 5.59. The lowest BCUT2D eigenvalue weighted by molar-refractivity contribution is 0.0935. The van der Waals surface area contributed by atoms with E-state index < -0.39 is 0 Å². The van der Waals surface area contributed by atoms with Crippen molar-refractivity contribution in [1.82, 2.24) is 20.2 Å². The standard InChI is InChI=1S/C23H24ClN5O2S/c1-29-9-8-18-20(12-29)32-23(28-18)22(31)27-17-5-3-2-4-16(17)26-21(30)19-11-13-10-14(24)6-7-15(13)25-19/h6-7,10-11,16,25H,2-5,8-9,12H2,1H3,(H,26,30)/b27-17+/t16-/m0/s1. The molecule has 2 aromatic heterocycles. The molecule has 5 rings (SSSR count). The molecule has 0 bridgehead atoms. The Morgan fingerprint density at radius 3 is 3.03 bits per heavy atom. The molecule has 0 radical (unpaired) electrons. The fourth-order valence-electron chi connectivity index (χ4n) is 4.34. The molecule has 1 atom stereocenters. The molecule has 1 aliphatic heterocycles. The Kier molecular flexibility index (Phi) is 5.84. The van der Waals surface area contributed by atoms with E-state index in [-0.39, 0.29) is 17.9 Å². The van der Waals surface area contributed by atoms with Gasteiger partial charge in [0.25, 0.3) is 5.91 Å². The molecular formula is C23H24ClN5O2S. The molecule has 0 saturated heterocycles. The first-order valence-corrected chi connectivity index (χ1v) is 12.0. The van der Waals surface area contributed by atoms with Crippen LogP contribution in [0.25, 0.3) is 10.9 Å². The maximum absolute atomic E-state index is 12.9. The number of amides is 2. The second-order valence-electron chi connectivity index (χ2n) is 8.47. The van der Waals surface area contributed by atoms with E-state index in [9.17, 15) is 9.59 Å². The van der Waals surface area contributed by atoms with Crippen LogP contribution in [0.1, 0.15) is 56.5 Å². The molecule has 2 aliphatic rings. The number of likely N-dealkylation sites (N-methyl/N-ethyl adjacent to an activating group) is 1. The predicted molar refractivity (Wildman–Crippen MR) is 127 cm³/mol. The molecule has 0 spiro atoms. The number of rotatable bonds is 3. The SMILES string of the molecule is CN1CCc2nc(C(=O)/N=C3\CCCC[C@@H]3NC(=O)c3cc4cc(Cl)ccc4[nH]3)sc2C1. The number of aromatic nitrogens is 2. The Hall–Kier alpha value is -2.55. The van der Waals surface area contributed by atoms with Gasteiger partial charge in [0.05, 0.1) is 11.7 Å². The van der Waals surface area contributed by atoms with E-state index in [4.69, 9.17) is 11.6 Å². The molecule has 2 N–H and O–H groups in total. The van der Waals surface area contributed by atoms with Crippen LogP contribution in [0.15, 0.2) is 29.3 Å². The molecule has 1 saturated carbocycles. The van der Waals surface area contributed by atoms with Gasteiger partial charge in [-0.1, -0.05) is 18.0 Å². The topological polar surface area (TPSA) is 90.4 Å². The number of fused-ring (bicyclic) bond motifs is 2. The van der Waals surface area contributed by atoms with Crippen molar-refractivity contribution in [3.8, 4) is 0 Å². The Morgan fingerprint density at radius 1 is 1.28 bits per heavy atom. The van der Waals surface area contributed by atoms with E-state index >= 15 is 0 Å². The van der Waals surface area contributed by atoms with Gasteiger partial charge in [-0.3, -0.25) is 9.59 Å². The number of hydrogen-bond donors (Lipinski definition) is 2. The minimum atomic E-state index is -0.302. The zero-order valence-electron chi connectivity index (χ0n) is 17.8. The summed E-state index contributed by atoms with van der Waals surface area (Å²) in [7, 11) is 2.07. The van der Waals surface area contributed by atoms with Crippen molar-refractivity contribution < 1.29 is 9.59 Å². The van der Waals surface area contributed by atoms with E-state index in [1.54, 1.807) is 12.1 Å². The number of hydrogen-bond acceptors (Lipinski definition) is 5. The van der Waals surface area contributed by atoms with Gasteiger partial charge in [0.2, 0.25) is 0 Å². The third-order valence-corrected chi connectivity index (χ3v) is 7.37. The molecule has 2 amide bonds. The van der Waals surface area contributed by atoms with Crippen molar-refractivity contribution in [2.24, 2.45) is 4.99 Å². The van der Waals surface area contributed by atoms with Crippen LogP contribution in [0.5, 0.6) is 0 Å². The molecule has 1 aliphatic carbocycles. The third-order valence-electron chi connectivity index (χ3n) is 6.06. The summed E-state index contributed by atoms with van der Waals surface area (Å²) >= 11 is 7.49. The van der Waals surface area contributed by atoms with E-state index in [1.807, 2.05) is 12.1 Å². The summed E-state index contributed by atoms with van der Waals surface area (Å²) in [6.45, 7) is 1.78. The molecule has 9 heteroatoms. The highest BCUT2D eigenvalue weighted by Gasteiger charge is 2.26. The molecule has 3 aromatic rings. The fraction of sp³-hybridized carbons (Fsp3) is 0.391. The Bertz CT molecular complexity index is 1230. The van der Waals surface area contributed by atoms with Gasteiger partial charge in [0.15, 0.2) is 5.01 Å². The lowest BCUT2D eigenvalue weighted by atomic mass is 9.93. The molecule has 0 unspecified atom stereocenters. The number of aromatic amines is 1. The summed E-state index contributed by atoms with van der Waals surface area (Å²) in [5.74, 6) is -0.513. The average molecular weight is 470 g/mol. The summed E-state index contributed by atoms with van der Waals surface area (Å²) in [4.78, 5) is 41.3. The number of carbonyl (C=O) groups is 2. The van der Waals surface area contributed by atoms with Crippen LogP contribution in [0.2, 0.25) is 5.02 Å². The molecule has 32 heavy (non-hydrogen) atoms. The first-order chi connectivity index (χ1) is 15.5. The van der Waals surface area contributed by atoms with Crippen molar-refractivity contribution in [3.05, 3.63) is 50.6 Å². The van der Waals surface area contributed by atoms with Gasteiger partial charge < -0.3 is 15.2 Å². The normalized spacial score (nSPS) is 20.4. The molecule has 7 nitrogen and oxygen atoms in total. The van der Waals surface area contributed by atoms with Crippen molar-refractivity contribution >= 4 is 51.4 Å². The van der Waals surface area contributed by atoms with Crippen LogP contribution in [0.3, 0.4) is 0 Å². The lowest BCUT2D eigenvalue weighted by Gasteiger charge is -2.24. The van der Waals surface area contributed by atoms with Gasteiger partial charge in [-0.25, -0.2) is 9.98 Å². The molecule has 3 heterocycles. The van der Waals surface area contributed by atoms with Crippen molar-refractivity contribution in [3.63, 3.8) is 0 Å². The zero-order valence-corrected chi connectivity index (χ0v) is 19.4. The highest BCUT2D eigenvalue weighted by molar-refractivity contribution is 7.13. The summed E-state index contributed by atoms with van der Waals surface area (Å²) in [5, 5.41) is 5.02. The Balaban J connectivity index is 1.33. The smallest absolute Gasteiger partial charge is 0.305 e. The second-order valence-corrected chi connectivity index (χ2v) is 9.99. The number of halogens is 1. The van der Waals surface area contributed by atoms with E-state index in [2.05, 4.69) is 32.2 Å². The van der Waals surface area contributed by atoms with Crippen LogP contribution in [0.4, 0.5) is 0 Å². The number of carbonyl (C=O) groups excluding carboxylic acids is 2. The zero-order chi connectivity index (χ0) is 22.2. The number of nitrogens with zero attached hydrogens (tertiary/aromatic N) is 3. The van der Waals surface area contributed by atoms with Gasteiger partial charge >= 0.3 is 5.91 Å². The number of benzene rings is 1. The second kappa shape index (κ2) is 8.77. The highest BCUT2D eigenvalue weighted by atomic mass is 35.5. The number of nitrogens with one attached hydrogen (secondary N) is 2. The minimum Gasteiger partial charge on any atom is -0.351 e. The predicted octanol–water partition coefficient (Wildman–Crippen LogP) is 4.22. The lowest BCUT2D eigenvalue weighted by Crippen LogP contribution is -2.43. The molecule has 166 valence electrons. The molecule has 1 aromatic carbocycles. The Morgan fingerprint density at radius 2 is 2.16 bits per heavy atom. The highest BCUT2D eigenvalue weighted by Crippen LogP contribution is 2.26. The maximum atomic E-state index is 12.9. The van der Waals surface area contributed by atoms with E-state index in [1.165, 1.54) is 11.3 Å². The first kappa shape index (κ1) is 21.3. The monoisotopic (exact) mass is 469 g/mol. The van der Waals surface area contributed by atoms with Gasteiger partial charge in [-0.2, -0.15) is 0 Å². The van der Waals surface area contributed by atoms with Crippen LogP contribution >= 0.6 is 22.9 Å². The summed E-state index contributed by atoms with van der Waals surface area (Å²) in [6.07, 6.45) is 4.28. The first-order valence-electron chi connectivity index (χ1n) is 10.8. The van der Waals surface area contributed by atoms with Gasteiger partial charge in [-0.15, -0.1) is 11.3 Å². The minimum absolute atomic E-state index is 0.211. The molecular weight excluding hydrogens is 446 g/mol. The molecule has 1 fully saturated rings. The Labute approximate surface area is 194 Å². The average Bonchev–Trinajstić information content (AvgIpc) is 3.38. The van der Waals surface area contributed by atoms with Crippen LogP contribution in [-0.4, -0.2) is 52.0 Å². The summed E-state index contributed by atoms with van der Waals surface area (Å²) in [6, 6.07) is 7.00. The van der Waals surface area contributed by atoms with Crippen LogP contribution in [0, 0.1) is 0 Å². The van der Waals surface area contributed by atoms with Crippen molar-refractivity contribution in [2.75, 3.05) is 13.6 Å². The van der Waals surface area contributed by atoms with E-state index in [0.717, 1.165) is 66.0 Å². The summed E-state index contributed by atoms with van der Waals surface area (Å²) in [5.41, 5.74) is 3.07. The van der Waals surface area contributed by atoms with Gasteiger partial charge in [0, 0.05) is 46.0 Å². The van der Waals surface area contributed by atoms with Crippen LogP contribution in [-0.2, 0) is 13.0 Å².